The van der Waals surface area contributed by atoms with Crippen LogP contribution >= 0.6 is 0 Å². The van der Waals surface area contributed by atoms with E-state index in [4.69, 9.17) is 4.74 Å². The summed E-state index contributed by atoms with van der Waals surface area (Å²) in [7, 11) is 0. The van der Waals surface area contributed by atoms with Crippen molar-refractivity contribution in [2.45, 2.75) is 66.8 Å². The zero-order valence-corrected chi connectivity index (χ0v) is 15.2. The highest BCUT2D eigenvalue weighted by molar-refractivity contribution is 5.69. The van der Waals surface area contributed by atoms with Crippen molar-refractivity contribution in [1.82, 2.24) is 14.7 Å². The Morgan fingerprint density at radius 3 is 2.57 bits per heavy atom. The molecule has 0 atom stereocenters. The fourth-order valence-corrected chi connectivity index (χ4v) is 2.26. The Morgan fingerprint density at radius 2 is 2.04 bits per heavy atom. The van der Waals surface area contributed by atoms with E-state index in [0.717, 1.165) is 17.8 Å². The molecule has 0 aliphatic carbocycles. The number of aromatic nitrogens is 2. The Kier molecular flexibility index (Phi) is 6.61. The molecule has 2 heterocycles. The predicted molar refractivity (Wildman–Crippen MR) is 93.0 cm³/mol. The molecule has 1 aromatic heterocycles. The lowest BCUT2D eigenvalue weighted by Gasteiger charge is -2.24. The Bertz CT molecular complexity index is 556. The lowest BCUT2D eigenvalue weighted by molar-refractivity contribution is 0.0239. The molecule has 0 aromatic carbocycles. The van der Waals surface area contributed by atoms with Crippen LogP contribution in [0.3, 0.4) is 0 Å². The first kappa shape index (κ1) is 19.0. The number of carbonyl (C=O) groups is 1. The van der Waals surface area contributed by atoms with Gasteiger partial charge in [0.25, 0.3) is 0 Å². The van der Waals surface area contributed by atoms with Gasteiger partial charge < -0.3 is 4.74 Å². The molecular weight excluding hydrogens is 290 g/mol. The van der Waals surface area contributed by atoms with E-state index in [2.05, 4.69) is 11.7 Å². The van der Waals surface area contributed by atoms with Gasteiger partial charge in [-0.25, -0.2) is 4.79 Å². The zero-order chi connectivity index (χ0) is 17.6. The highest BCUT2D eigenvalue weighted by Crippen LogP contribution is 2.23. The summed E-state index contributed by atoms with van der Waals surface area (Å²) < 4.78 is 7.29. The van der Waals surface area contributed by atoms with Gasteiger partial charge in [0.2, 0.25) is 0 Å². The van der Waals surface area contributed by atoms with Gasteiger partial charge in [-0.15, -0.1) is 0 Å². The summed E-state index contributed by atoms with van der Waals surface area (Å²) in [6, 6.07) is 0. The zero-order valence-electron chi connectivity index (χ0n) is 15.2. The van der Waals surface area contributed by atoms with Crippen LogP contribution in [0, 0.1) is 0 Å². The van der Waals surface area contributed by atoms with Crippen molar-refractivity contribution >= 4 is 6.09 Å². The first-order valence-electron chi connectivity index (χ1n) is 8.10. The Morgan fingerprint density at radius 1 is 1.39 bits per heavy atom. The third kappa shape index (κ3) is 5.58. The van der Waals surface area contributed by atoms with Gasteiger partial charge >= 0.3 is 6.09 Å². The molecule has 0 saturated carbocycles. The molecule has 1 aliphatic heterocycles. The second kappa shape index (κ2) is 7.99. The van der Waals surface area contributed by atoms with Gasteiger partial charge in [-0.3, -0.25) is 9.58 Å². The molecule has 0 saturated heterocycles. The van der Waals surface area contributed by atoms with Gasteiger partial charge in [-0.2, -0.15) is 5.10 Å². The Labute approximate surface area is 139 Å². The lowest BCUT2D eigenvalue weighted by atomic mass is 10.2. The summed E-state index contributed by atoms with van der Waals surface area (Å²) in [6.07, 6.45) is 5.46. The van der Waals surface area contributed by atoms with Crippen LogP contribution in [0.4, 0.5) is 4.79 Å². The molecule has 0 radical (unpaired) electrons. The van der Waals surface area contributed by atoms with E-state index < -0.39 is 5.60 Å². The van der Waals surface area contributed by atoms with E-state index in [1.54, 1.807) is 11.0 Å². The average Bonchev–Trinajstić information content (AvgIpc) is 2.97. The second-order valence-corrected chi connectivity index (χ2v) is 6.38. The van der Waals surface area contributed by atoms with Crippen LogP contribution < -0.4 is 0 Å². The molecule has 1 aromatic rings. The van der Waals surface area contributed by atoms with Crippen LogP contribution in [-0.2, 0) is 24.4 Å². The molecule has 1 amide bonds. The highest BCUT2D eigenvalue weighted by Gasteiger charge is 2.29. The van der Waals surface area contributed by atoms with Crippen molar-refractivity contribution < 1.29 is 9.53 Å². The van der Waals surface area contributed by atoms with Crippen LogP contribution in [0.15, 0.2) is 30.5 Å². The Balaban J connectivity index is 0.00000127. The third-order valence-electron chi connectivity index (χ3n) is 3.09. The van der Waals surface area contributed by atoms with E-state index in [9.17, 15) is 4.79 Å². The van der Waals surface area contributed by atoms with E-state index in [-0.39, 0.29) is 6.09 Å². The van der Waals surface area contributed by atoms with Crippen molar-refractivity contribution in [3.05, 3.63) is 41.8 Å². The molecule has 23 heavy (non-hydrogen) atoms. The molecule has 5 heteroatoms. The van der Waals surface area contributed by atoms with Gasteiger partial charge in [0.1, 0.15) is 5.60 Å². The SMILES string of the molecule is C=C/C=C(\C)Cn1cc2c(n1)CN(C(=O)OC(C)(C)C)C2.CC. The Hall–Kier alpha value is -2.04. The number of carbonyl (C=O) groups excluding carboxylic acids is 1. The minimum absolute atomic E-state index is 0.283. The summed E-state index contributed by atoms with van der Waals surface area (Å²) in [5, 5.41) is 4.53. The molecule has 1 aliphatic rings. The summed E-state index contributed by atoms with van der Waals surface area (Å²) in [5.74, 6) is 0. The molecule has 0 N–H and O–H groups in total. The van der Waals surface area contributed by atoms with Gasteiger partial charge in [0, 0.05) is 11.8 Å². The molecular formula is C18H29N3O2. The molecule has 0 bridgehead atoms. The largest absolute Gasteiger partial charge is 0.444 e. The number of hydrogen-bond donors (Lipinski definition) is 0. The standard InChI is InChI=1S/C16H23N3O2.C2H6/c1-6-7-12(2)8-19-10-13-9-18(11-14(13)17-19)15(20)21-16(3,4)5;1-2/h6-7,10H,1,8-9,11H2,2-5H3;1-2H3/b12-7+;. The molecule has 2 rings (SSSR count). The first-order valence-corrected chi connectivity index (χ1v) is 8.10. The van der Waals surface area contributed by atoms with Crippen LogP contribution in [0.5, 0.6) is 0 Å². The summed E-state index contributed by atoms with van der Waals surface area (Å²) in [5.41, 5.74) is 2.76. The summed E-state index contributed by atoms with van der Waals surface area (Å²) >= 11 is 0. The highest BCUT2D eigenvalue weighted by atomic mass is 16.6. The molecule has 0 spiro atoms. The molecule has 0 unspecified atom stereocenters. The van der Waals surface area contributed by atoms with Crippen LogP contribution in [-0.4, -0.2) is 26.4 Å². The lowest BCUT2D eigenvalue weighted by Crippen LogP contribution is -2.33. The number of allylic oxidation sites excluding steroid dienone is 3. The maximum Gasteiger partial charge on any atom is 0.410 e. The number of fused-ring (bicyclic) bond motifs is 1. The van der Waals surface area contributed by atoms with Crippen molar-refractivity contribution in [2.24, 2.45) is 0 Å². The van der Waals surface area contributed by atoms with Gasteiger partial charge in [0.05, 0.1) is 25.3 Å². The first-order chi connectivity index (χ1) is 10.8. The molecule has 0 fully saturated rings. The normalized spacial score (nSPS) is 14.0. The van der Waals surface area contributed by atoms with Crippen LogP contribution in [0.25, 0.3) is 0 Å². The van der Waals surface area contributed by atoms with E-state index in [0.29, 0.717) is 13.1 Å². The number of hydrogen-bond acceptors (Lipinski definition) is 3. The quantitative estimate of drug-likeness (QED) is 0.781. The number of ether oxygens (including phenoxy) is 1. The van der Waals surface area contributed by atoms with E-state index >= 15 is 0 Å². The van der Waals surface area contributed by atoms with Crippen LogP contribution in [0.2, 0.25) is 0 Å². The van der Waals surface area contributed by atoms with Crippen molar-refractivity contribution in [3.63, 3.8) is 0 Å². The van der Waals surface area contributed by atoms with Crippen molar-refractivity contribution in [3.8, 4) is 0 Å². The van der Waals surface area contributed by atoms with E-state index in [1.807, 2.05) is 58.5 Å². The predicted octanol–water partition coefficient (Wildman–Crippen LogP) is 4.29. The maximum absolute atomic E-state index is 12.0. The summed E-state index contributed by atoms with van der Waals surface area (Å²) in [4.78, 5) is 13.7. The smallest absolute Gasteiger partial charge is 0.410 e. The second-order valence-electron chi connectivity index (χ2n) is 6.38. The van der Waals surface area contributed by atoms with E-state index in [1.165, 1.54) is 5.57 Å². The number of amides is 1. The monoisotopic (exact) mass is 319 g/mol. The number of rotatable bonds is 3. The molecule has 128 valence electrons. The number of nitrogens with zero attached hydrogens (tertiary/aromatic N) is 3. The minimum atomic E-state index is -0.469. The average molecular weight is 319 g/mol. The molecule has 5 nitrogen and oxygen atoms in total. The van der Waals surface area contributed by atoms with Crippen molar-refractivity contribution in [1.29, 1.82) is 0 Å². The van der Waals surface area contributed by atoms with Crippen LogP contribution in [0.1, 0.15) is 52.8 Å². The summed E-state index contributed by atoms with van der Waals surface area (Å²) in [6.45, 7) is 17.2. The maximum atomic E-state index is 12.0. The van der Waals surface area contributed by atoms with Gasteiger partial charge in [-0.1, -0.05) is 38.2 Å². The van der Waals surface area contributed by atoms with Gasteiger partial charge in [-0.05, 0) is 27.7 Å². The topological polar surface area (TPSA) is 47.4 Å². The van der Waals surface area contributed by atoms with Gasteiger partial charge in [0.15, 0.2) is 0 Å². The minimum Gasteiger partial charge on any atom is -0.444 e. The fourth-order valence-electron chi connectivity index (χ4n) is 2.26. The fraction of sp³-hybridized carbons (Fsp3) is 0.556. The van der Waals surface area contributed by atoms with Crippen molar-refractivity contribution in [2.75, 3.05) is 0 Å². The third-order valence-corrected chi connectivity index (χ3v) is 3.09.